The number of benzene rings is 1. The zero-order valence-electron chi connectivity index (χ0n) is 12.2. The number of anilines is 1. The summed E-state index contributed by atoms with van der Waals surface area (Å²) in [6, 6.07) is 5.58. The maximum Gasteiger partial charge on any atom is 0.343 e. The third kappa shape index (κ3) is 3.10. The lowest BCUT2D eigenvalue weighted by Crippen LogP contribution is -2.10. The molecule has 2 N–H and O–H groups in total. The second-order valence-electron chi connectivity index (χ2n) is 4.40. The Morgan fingerprint density at radius 1 is 1.38 bits per heavy atom. The fourth-order valence-electron chi connectivity index (χ4n) is 1.92. The predicted molar refractivity (Wildman–Crippen MR) is 79.1 cm³/mol. The van der Waals surface area contributed by atoms with Crippen LogP contribution >= 0.6 is 0 Å². The van der Waals surface area contributed by atoms with Crippen LogP contribution < -0.4 is 10.5 Å². The molecule has 0 aliphatic heterocycles. The van der Waals surface area contributed by atoms with Gasteiger partial charge < -0.3 is 15.2 Å². The lowest BCUT2D eigenvalue weighted by molar-refractivity contribution is 0.0527. The highest BCUT2D eigenvalue weighted by molar-refractivity contribution is 5.94. The highest BCUT2D eigenvalue weighted by atomic mass is 16.5. The topological polar surface area (TPSA) is 87.3 Å². The summed E-state index contributed by atoms with van der Waals surface area (Å²) in [7, 11) is 1.62. The standard InChI is InChI=1S/C15H17N3O3/c1-4-21-15(19)11-8-17-14(18-13(11)16)10-5-6-12(20-3)9(2)7-10/h5-8H,4H2,1-3H3,(H2,16,17,18). The fraction of sp³-hybridized carbons (Fsp3) is 0.267. The van der Waals surface area contributed by atoms with Crippen LogP contribution in [0.5, 0.6) is 5.75 Å². The maximum atomic E-state index is 11.7. The number of aromatic nitrogens is 2. The Balaban J connectivity index is 2.36. The Hall–Kier alpha value is -2.63. The van der Waals surface area contributed by atoms with E-state index < -0.39 is 5.97 Å². The summed E-state index contributed by atoms with van der Waals surface area (Å²) >= 11 is 0. The van der Waals surface area contributed by atoms with Gasteiger partial charge in [0.25, 0.3) is 0 Å². The molecule has 2 aromatic rings. The molecule has 0 saturated carbocycles. The average Bonchev–Trinajstić information content (AvgIpc) is 2.47. The minimum atomic E-state index is -0.521. The second-order valence-corrected chi connectivity index (χ2v) is 4.40. The van der Waals surface area contributed by atoms with Gasteiger partial charge in [0, 0.05) is 11.8 Å². The van der Waals surface area contributed by atoms with Crippen LogP contribution in [-0.4, -0.2) is 29.7 Å². The van der Waals surface area contributed by atoms with Crippen molar-refractivity contribution in [3.8, 4) is 17.1 Å². The van der Waals surface area contributed by atoms with Crippen LogP contribution in [0.15, 0.2) is 24.4 Å². The normalized spacial score (nSPS) is 10.2. The molecule has 0 aliphatic carbocycles. The lowest BCUT2D eigenvalue weighted by Gasteiger charge is -2.08. The van der Waals surface area contributed by atoms with Crippen molar-refractivity contribution >= 4 is 11.8 Å². The highest BCUT2D eigenvalue weighted by Crippen LogP contribution is 2.24. The molecule has 1 heterocycles. The van der Waals surface area contributed by atoms with E-state index in [1.54, 1.807) is 14.0 Å². The predicted octanol–water partition coefficient (Wildman–Crippen LogP) is 2.22. The van der Waals surface area contributed by atoms with Gasteiger partial charge in [-0.1, -0.05) is 0 Å². The summed E-state index contributed by atoms with van der Waals surface area (Å²) in [4.78, 5) is 20.0. The zero-order valence-corrected chi connectivity index (χ0v) is 12.2. The van der Waals surface area contributed by atoms with Gasteiger partial charge in [0.05, 0.1) is 13.7 Å². The second kappa shape index (κ2) is 6.21. The molecule has 0 fully saturated rings. The van der Waals surface area contributed by atoms with Crippen LogP contribution in [0.1, 0.15) is 22.8 Å². The molecular weight excluding hydrogens is 270 g/mol. The number of ether oxygens (including phenoxy) is 2. The monoisotopic (exact) mass is 287 g/mol. The third-order valence-corrected chi connectivity index (χ3v) is 2.97. The molecule has 0 amide bonds. The number of esters is 1. The number of carbonyl (C=O) groups excluding carboxylic acids is 1. The maximum absolute atomic E-state index is 11.7. The summed E-state index contributed by atoms with van der Waals surface area (Å²) in [5.74, 6) is 0.820. The Morgan fingerprint density at radius 2 is 2.14 bits per heavy atom. The number of aryl methyl sites for hydroxylation is 1. The van der Waals surface area contributed by atoms with E-state index in [1.807, 2.05) is 25.1 Å². The third-order valence-electron chi connectivity index (χ3n) is 2.97. The fourth-order valence-corrected chi connectivity index (χ4v) is 1.92. The first-order chi connectivity index (χ1) is 10.1. The smallest absolute Gasteiger partial charge is 0.343 e. The van der Waals surface area contributed by atoms with Crippen molar-refractivity contribution < 1.29 is 14.3 Å². The number of hydrogen-bond acceptors (Lipinski definition) is 6. The molecule has 0 saturated heterocycles. The first-order valence-corrected chi connectivity index (χ1v) is 6.51. The Labute approximate surface area is 122 Å². The van der Waals surface area contributed by atoms with Crippen molar-refractivity contribution in [3.05, 3.63) is 35.5 Å². The summed E-state index contributed by atoms with van der Waals surface area (Å²) in [6.07, 6.45) is 1.38. The van der Waals surface area contributed by atoms with Crippen LogP contribution in [0.25, 0.3) is 11.4 Å². The number of nitrogen functional groups attached to an aromatic ring is 1. The molecule has 0 aliphatic rings. The lowest BCUT2D eigenvalue weighted by atomic mass is 10.1. The van der Waals surface area contributed by atoms with Crippen LogP contribution in [0.3, 0.4) is 0 Å². The Kier molecular flexibility index (Phi) is 4.37. The SMILES string of the molecule is CCOC(=O)c1cnc(-c2ccc(OC)c(C)c2)nc1N. The molecule has 2 rings (SSSR count). The number of carbonyl (C=O) groups is 1. The van der Waals surface area contributed by atoms with E-state index in [9.17, 15) is 4.79 Å². The number of hydrogen-bond donors (Lipinski definition) is 1. The molecule has 0 spiro atoms. The van der Waals surface area contributed by atoms with Gasteiger partial charge in [-0.25, -0.2) is 14.8 Å². The zero-order chi connectivity index (χ0) is 15.4. The van der Waals surface area contributed by atoms with Crippen LogP contribution in [0.4, 0.5) is 5.82 Å². The molecule has 0 bridgehead atoms. The first kappa shape index (κ1) is 14.8. The van der Waals surface area contributed by atoms with Crippen LogP contribution in [0.2, 0.25) is 0 Å². The summed E-state index contributed by atoms with van der Waals surface area (Å²) < 4.78 is 10.1. The van der Waals surface area contributed by atoms with Gasteiger partial charge in [-0.15, -0.1) is 0 Å². The quantitative estimate of drug-likeness (QED) is 0.867. The molecule has 21 heavy (non-hydrogen) atoms. The van der Waals surface area contributed by atoms with E-state index in [-0.39, 0.29) is 18.0 Å². The average molecular weight is 287 g/mol. The molecule has 6 heteroatoms. The number of rotatable bonds is 4. The number of nitrogens with zero attached hydrogens (tertiary/aromatic N) is 2. The van der Waals surface area contributed by atoms with Gasteiger partial charge in [0.15, 0.2) is 5.82 Å². The number of methoxy groups -OCH3 is 1. The van der Waals surface area contributed by atoms with Gasteiger partial charge in [-0.2, -0.15) is 0 Å². The number of nitrogens with two attached hydrogens (primary N) is 1. The molecule has 110 valence electrons. The van der Waals surface area contributed by atoms with Crippen LogP contribution in [-0.2, 0) is 4.74 Å². The first-order valence-electron chi connectivity index (χ1n) is 6.51. The van der Waals surface area contributed by atoms with E-state index in [1.165, 1.54) is 6.20 Å². The highest BCUT2D eigenvalue weighted by Gasteiger charge is 2.14. The molecule has 6 nitrogen and oxygen atoms in total. The molecule has 0 radical (unpaired) electrons. The summed E-state index contributed by atoms with van der Waals surface area (Å²) in [6.45, 7) is 3.93. The van der Waals surface area contributed by atoms with Gasteiger partial charge in [-0.3, -0.25) is 0 Å². The molecule has 0 unspecified atom stereocenters. The molecule has 1 aromatic heterocycles. The molecular formula is C15H17N3O3. The van der Waals surface area contributed by atoms with E-state index >= 15 is 0 Å². The van der Waals surface area contributed by atoms with Crippen molar-refractivity contribution in [1.29, 1.82) is 0 Å². The minimum Gasteiger partial charge on any atom is -0.496 e. The van der Waals surface area contributed by atoms with Crippen molar-refractivity contribution in [3.63, 3.8) is 0 Å². The Morgan fingerprint density at radius 3 is 2.71 bits per heavy atom. The van der Waals surface area contributed by atoms with Gasteiger partial charge in [0.2, 0.25) is 0 Å². The van der Waals surface area contributed by atoms with E-state index in [4.69, 9.17) is 15.2 Å². The minimum absolute atomic E-state index is 0.104. The van der Waals surface area contributed by atoms with Gasteiger partial charge >= 0.3 is 5.97 Å². The van der Waals surface area contributed by atoms with E-state index in [0.717, 1.165) is 16.9 Å². The Bertz CT molecular complexity index is 671. The largest absolute Gasteiger partial charge is 0.496 e. The molecule has 1 aromatic carbocycles. The van der Waals surface area contributed by atoms with E-state index in [0.29, 0.717) is 5.82 Å². The summed E-state index contributed by atoms with van der Waals surface area (Å²) in [5, 5.41) is 0. The van der Waals surface area contributed by atoms with Crippen molar-refractivity contribution in [2.45, 2.75) is 13.8 Å². The van der Waals surface area contributed by atoms with Crippen molar-refractivity contribution in [2.24, 2.45) is 0 Å². The summed E-state index contributed by atoms with van der Waals surface area (Å²) in [5.41, 5.74) is 7.75. The van der Waals surface area contributed by atoms with Gasteiger partial charge in [-0.05, 0) is 37.6 Å². The van der Waals surface area contributed by atoms with E-state index in [2.05, 4.69) is 9.97 Å². The van der Waals surface area contributed by atoms with Crippen molar-refractivity contribution in [2.75, 3.05) is 19.5 Å². The molecule has 0 atom stereocenters. The van der Waals surface area contributed by atoms with Crippen LogP contribution in [0, 0.1) is 6.92 Å². The van der Waals surface area contributed by atoms with Gasteiger partial charge in [0.1, 0.15) is 17.1 Å². The van der Waals surface area contributed by atoms with Crippen molar-refractivity contribution in [1.82, 2.24) is 9.97 Å².